The zero-order valence-corrected chi connectivity index (χ0v) is 10.8. The van der Waals surface area contributed by atoms with Crippen LogP contribution < -0.4 is 10.1 Å². The van der Waals surface area contributed by atoms with Crippen molar-refractivity contribution >= 4 is 0 Å². The van der Waals surface area contributed by atoms with E-state index in [1.165, 1.54) is 11.1 Å². The van der Waals surface area contributed by atoms with Crippen LogP contribution in [0, 0.1) is 11.3 Å². The third-order valence-corrected chi connectivity index (χ3v) is 2.66. The summed E-state index contributed by atoms with van der Waals surface area (Å²) in [6.45, 7) is 5.85. The van der Waals surface area contributed by atoms with Gasteiger partial charge in [0.1, 0.15) is 5.75 Å². The highest BCUT2D eigenvalue weighted by atomic mass is 16.5. The van der Waals surface area contributed by atoms with Crippen LogP contribution in [0.25, 0.3) is 0 Å². The SMILES string of the molecule is COc1ccc(CNCCC#N)cc1C(C)C. The van der Waals surface area contributed by atoms with Crippen molar-refractivity contribution in [2.24, 2.45) is 0 Å². The molecular formula is C14H20N2O. The monoisotopic (exact) mass is 232 g/mol. The molecule has 0 fully saturated rings. The van der Waals surface area contributed by atoms with Crippen LogP contribution >= 0.6 is 0 Å². The van der Waals surface area contributed by atoms with Gasteiger partial charge in [0.15, 0.2) is 0 Å². The van der Waals surface area contributed by atoms with Crippen molar-refractivity contribution < 1.29 is 4.74 Å². The lowest BCUT2D eigenvalue weighted by Crippen LogP contribution is -2.14. The zero-order chi connectivity index (χ0) is 12.7. The molecule has 1 N–H and O–H groups in total. The van der Waals surface area contributed by atoms with Gasteiger partial charge in [0.2, 0.25) is 0 Å². The van der Waals surface area contributed by atoms with Gasteiger partial charge in [-0.3, -0.25) is 0 Å². The van der Waals surface area contributed by atoms with Gasteiger partial charge >= 0.3 is 0 Å². The van der Waals surface area contributed by atoms with Gasteiger partial charge in [-0.15, -0.1) is 0 Å². The predicted octanol–water partition coefficient (Wildman–Crippen LogP) is 2.82. The molecule has 0 radical (unpaired) electrons. The summed E-state index contributed by atoms with van der Waals surface area (Å²) < 4.78 is 5.34. The van der Waals surface area contributed by atoms with Crippen molar-refractivity contribution in [1.82, 2.24) is 5.32 Å². The van der Waals surface area contributed by atoms with Crippen molar-refractivity contribution in [2.45, 2.75) is 32.7 Å². The molecule has 0 aliphatic rings. The number of ether oxygens (including phenoxy) is 1. The largest absolute Gasteiger partial charge is 0.496 e. The summed E-state index contributed by atoms with van der Waals surface area (Å²) in [4.78, 5) is 0. The highest BCUT2D eigenvalue weighted by molar-refractivity contribution is 5.39. The molecule has 0 atom stereocenters. The van der Waals surface area contributed by atoms with E-state index in [0.717, 1.165) is 18.8 Å². The molecule has 1 aromatic carbocycles. The van der Waals surface area contributed by atoms with Crippen molar-refractivity contribution in [3.05, 3.63) is 29.3 Å². The number of rotatable bonds is 6. The standard InChI is InChI=1S/C14H20N2O/c1-11(2)13-9-12(5-6-14(13)17-3)10-16-8-4-7-15/h5-6,9,11,16H,4,8,10H2,1-3H3. The van der Waals surface area contributed by atoms with Gasteiger partial charge in [-0.05, 0) is 23.1 Å². The Kier molecular flexibility index (Phi) is 5.51. The van der Waals surface area contributed by atoms with Gasteiger partial charge in [-0.2, -0.15) is 5.26 Å². The smallest absolute Gasteiger partial charge is 0.122 e. The predicted molar refractivity (Wildman–Crippen MR) is 69.0 cm³/mol. The van der Waals surface area contributed by atoms with E-state index < -0.39 is 0 Å². The maximum Gasteiger partial charge on any atom is 0.122 e. The van der Waals surface area contributed by atoms with Crippen LogP contribution in [-0.2, 0) is 6.54 Å². The average Bonchev–Trinajstić information content (AvgIpc) is 2.34. The Morgan fingerprint density at radius 3 is 2.76 bits per heavy atom. The van der Waals surface area contributed by atoms with Crippen LogP contribution in [0.1, 0.15) is 37.3 Å². The number of benzene rings is 1. The first-order valence-corrected chi connectivity index (χ1v) is 5.93. The van der Waals surface area contributed by atoms with Gasteiger partial charge < -0.3 is 10.1 Å². The van der Waals surface area contributed by atoms with Crippen molar-refractivity contribution in [1.29, 1.82) is 5.26 Å². The molecular weight excluding hydrogens is 212 g/mol. The first-order valence-electron chi connectivity index (χ1n) is 5.93. The topological polar surface area (TPSA) is 45.0 Å². The summed E-state index contributed by atoms with van der Waals surface area (Å²) in [5, 5.41) is 11.7. The summed E-state index contributed by atoms with van der Waals surface area (Å²) in [5.74, 6) is 1.39. The summed E-state index contributed by atoms with van der Waals surface area (Å²) in [6, 6.07) is 8.36. The van der Waals surface area contributed by atoms with Crippen LogP contribution in [0.4, 0.5) is 0 Å². The Morgan fingerprint density at radius 1 is 1.41 bits per heavy atom. The molecule has 0 unspecified atom stereocenters. The minimum absolute atomic E-state index is 0.448. The Balaban J connectivity index is 2.68. The second-order valence-corrected chi connectivity index (χ2v) is 4.32. The molecule has 17 heavy (non-hydrogen) atoms. The molecule has 0 bridgehead atoms. The lowest BCUT2D eigenvalue weighted by Gasteiger charge is -2.13. The fraction of sp³-hybridized carbons (Fsp3) is 0.500. The minimum Gasteiger partial charge on any atom is -0.496 e. The van der Waals surface area contributed by atoms with E-state index >= 15 is 0 Å². The molecule has 1 aromatic rings. The molecule has 3 heteroatoms. The maximum atomic E-state index is 8.44. The lowest BCUT2D eigenvalue weighted by atomic mass is 9.99. The van der Waals surface area contributed by atoms with E-state index in [9.17, 15) is 0 Å². The highest BCUT2D eigenvalue weighted by Gasteiger charge is 2.07. The third-order valence-electron chi connectivity index (χ3n) is 2.66. The van der Waals surface area contributed by atoms with E-state index in [0.29, 0.717) is 12.3 Å². The fourth-order valence-corrected chi connectivity index (χ4v) is 1.72. The molecule has 0 heterocycles. The van der Waals surface area contributed by atoms with Crippen molar-refractivity contribution in [3.8, 4) is 11.8 Å². The average molecular weight is 232 g/mol. The van der Waals surface area contributed by atoms with Gasteiger partial charge in [0.25, 0.3) is 0 Å². The molecule has 0 amide bonds. The minimum atomic E-state index is 0.448. The van der Waals surface area contributed by atoms with Crippen LogP contribution in [0.3, 0.4) is 0 Å². The van der Waals surface area contributed by atoms with Gasteiger partial charge in [0, 0.05) is 19.5 Å². The number of nitrogens with one attached hydrogen (secondary N) is 1. The number of nitriles is 1. The Hall–Kier alpha value is -1.53. The van der Waals surface area contributed by atoms with Gasteiger partial charge in [-0.25, -0.2) is 0 Å². The van der Waals surface area contributed by atoms with Crippen LogP contribution in [0.2, 0.25) is 0 Å². The fourth-order valence-electron chi connectivity index (χ4n) is 1.72. The molecule has 0 aliphatic carbocycles. The first-order chi connectivity index (χ1) is 8.19. The Labute approximate surface area is 103 Å². The van der Waals surface area contributed by atoms with Gasteiger partial charge in [-0.1, -0.05) is 26.0 Å². The van der Waals surface area contributed by atoms with Crippen LogP contribution in [-0.4, -0.2) is 13.7 Å². The molecule has 0 saturated heterocycles. The number of methoxy groups -OCH3 is 1. The van der Waals surface area contributed by atoms with E-state index in [1.807, 2.05) is 6.07 Å². The van der Waals surface area contributed by atoms with E-state index in [4.69, 9.17) is 10.00 Å². The molecule has 0 saturated carbocycles. The van der Waals surface area contributed by atoms with E-state index in [2.05, 4.69) is 37.4 Å². The highest BCUT2D eigenvalue weighted by Crippen LogP contribution is 2.27. The van der Waals surface area contributed by atoms with E-state index in [-0.39, 0.29) is 0 Å². The number of hydrogen-bond acceptors (Lipinski definition) is 3. The molecule has 0 aromatic heterocycles. The van der Waals surface area contributed by atoms with Gasteiger partial charge in [0.05, 0.1) is 13.2 Å². The second-order valence-electron chi connectivity index (χ2n) is 4.32. The Morgan fingerprint density at radius 2 is 2.18 bits per heavy atom. The quantitative estimate of drug-likeness (QED) is 0.767. The summed E-state index contributed by atoms with van der Waals surface area (Å²) in [7, 11) is 1.70. The molecule has 92 valence electrons. The third kappa shape index (κ3) is 4.08. The Bertz CT molecular complexity index is 394. The number of hydrogen-bond donors (Lipinski definition) is 1. The number of nitrogens with zero attached hydrogens (tertiary/aromatic N) is 1. The normalized spacial score (nSPS) is 10.3. The molecule has 0 aliphatic heterocycles. The first kappa shape index (κ1) is 13.5. The summed E-state index contributed by atoms with van der Waals surface area (Å²) >= 11 is 0. The van der Waals surface area contributed by atoms with E-state index in [1.54, 1.807) is 7.11 Å². The molecule has 0 spiro atoms. The summed E-state index contributed by atoms with van der Waals surface area (Å²) in [5.41, 5.74) is 2.46. The zero-order valence-electron chi connectivity index (χ0n) is 10.8. The maximum absolute atomic E-state index is 8.44. The molecule has 1 rings (SSSR count). The van der Waals surface area contributed by atoms with Crippen LogP contribution in [0.15, 0.2) is 18.2 Å². The van der Waals surface area contributed by atoms with Crippen LogP contribution in [0.5, 0.6) is 5.75 Å². The summed E-state index contributed by atoms with van der Waals surface area (Å²) in [6.07, 6.45) is 0.549. The lowest BCUT2D eigenvalue weighted by molar-refractivity contribution is 0.407. The molecule has 3 nitrogen and oxygen atoms in total. The van der Waals surface area contributed by atoms with Crippen molar-refractivity contribution in [2.75, 3.05) is 13.7 Å². The van der Waals surface area contributed by atoms with Crippen molar-refractivity contribution in [3.63, 3.8) is 0 Å². The second kappa shape index (κ2) is 6.93.